The number of rotatable bonds is 5. The fraction of sp³-hybridized carbons (Fsp3) is 0.273. The molecule has 2 N–H and O–H groups in total. The lowest BCUT2D eigenvalue weighted by Gasteiger charge is -2.13. The molecule has 0 fully saturated rings. The SMILES string of the molecule is NC(=O)CCOc1ccc(C=O)cc1C(F)(F)F. The van der Waals surface area contributed by atoms with E-state index < -0.39 is 23.4 Å². The number of amides is 1. The molecule has 0 saturated carbocycles. The average Bonchev–Trinajstić information content (AvgIpc) is 2.27. The second-order valence-electron chi connectivity index (χ2n) is 3.44. The summed E-state index contributed by atoms with van der Waals surface area (Å²) < 4.78 is 42.8. The van der Waals surface area contributed by atoms with E-state index in [0.717, 1.165) is 6.07 Å². The quantitative estimate of drug-likeness (QED) is 0.821. The Labute approximate surface area is 101 Å². The van der Waals surface area contributed by atoms with Gasteiger partial charge in [-0.15, -0.1) is 0 Å². The van der Waals surface area contributed by atoms with E-state index in [9.17, 15) is 22.8 Å². The lowest BCUT2D eigenvalue weighted by Crippen LogP contribution is -2.16. The Kier molecular flexibility index (Phi) is 4.30. The van der Waals surface area contributed by atoms with E-state index in [1.54, 1.807) is 0 Å². The molecule has 0 aromatic heterocycles. The highest BCUT2D eigenvalue weighted by Crippen LogP contribution is 2.36. The van der Waals surface area contributed by atoms with E-state index in [1.165, 1.54) is 6.07 Å². The predicted molar refractivity (Wildman–Crippen MR) is 56.1 cm³/mol. The number of carbonyl (C=O) groups excluding carboxylic acids is 2. The van der Waals surface area contributed by atoms with Crippen molar-refractivity contribution in [3.05, 3.63) is 29.3 Å². The van der Waals surface area contributed by atoms with Crippen molar-refractivity contribution in [3.63, 3.8) is 0 Å². The maximum atomic E-state index is 12.7. The third-order valence-electron chi connectivity index (χ3n) is 2.05. The van der Waals surface area contributed by atoms with Crippen molar-refractivity contribution < 1.29 is 27.5 Å². The lowest BCUT2D eigenvalue weighted by molar-refractivity contribution is -0.138. The minimum absolute atomic E-state index is 0.107. The molecule has 0 radical (unpaired) electrons. The number of benzene rings is 1. The Morgan fingerprint density at radius 1 is 1.39 bits per heavy atom. The maximum Gasteiger partial charge on any atom is 0.419 e. The maximum absolute atomic E-state index is 12.7. The summed E-state index contributed by atoms with van der Waals surface area (Å²) in [4.78, 5) is 20.9. The van der Waals surface area contributed by atoms with Gasteiger partial charge in [0, 0.05) is 5.56 Å². The molecule has 0 aliphatic rings. The first-order valence-corrected chi connectivity index (χ1v) is 4.92. The lowest BCUT2D eigenvalue weighted by atomic mass is 10.1. The number of hydrogen-bond acceptors (Lipinski definition) is 3. The number of primary amides is 1. The van der Waals surface area contributed by atoms with Crippen LogP contribution < -0.4 is 10.5 Å². The summed E-state index contributed by atoms with van der Waals surface area (Å²) in [5.41, 5.74) is 3.67. The van der Waals surface area contributed by atoms with Crippen LogP contribution in [0.25, 0.3) is 0 Å². The van der Waals surface area contributed by atoms with Gasteiger partial charge in [0.25, 0.3) is 0 Å². The largest absolute Gasteiger partial charge is 0.492 e. The van der Waals surface area contributed by atoms with E-state index in [-0.39, 0.29) is 18.6 Å². The fourth-order valence-corrected chi connectivity index (χ4v) is 1.23. The minimum Gasteiger partial charge on any atom is -0.492 e. The van der Waals surface area contributed by atoms with Crippen molar-refractivity contribution in [1.29, 1.82) is 0 Å². The van der Waals surface area contributed by atoms with Crippen LogP contribution in [0.4, 0.5) is 13.2 Å². The van der Waals surface area contributed by atoms with Gasteiger partial charge in [-0.1, -0.05) is 0 Å². The molecule has 0 aliphatic carbocycles. The van der Waals surface area contributed by atoms with Gasteiger partial charge in [0.15, 0.2) is 0 Å². The molecule has 0 spiro atoms. The molecule has 18 heavy (non-hydrogen) atoms. The van der Waals surface area contributed by atoms with E-state index in [1.807, 2.05) is 0 Å². The zero-order valence-electron chi connectivity index (χ0n) is 9.16. The fourth-order valence-electron chi connectivity index (χ4n) is 1.23. The van der Waals surface area contributed by atoms with Gasteiger partial charge in [0.05, 0.1) is 18.6 Å². The monoisotopic (exact) mass is 261 g/mol. The molecule has 4 nitrogen and oxygen atoms in total. The summed E-state index contributed by atoms with van der Waals surface area (Å²) in [6.45, 7) is -0.251. The van der Waals surface area contributed by atoms with Crippen LogP contribution in [0.3, 0.4) is 0 Å². The number of ether oxygens (including phenoxy) is 1. The first-order chi connectivity index (χ1) is 8.34. The second-order valence-corrected chi connectivity index (χ2v) is 3.44. The molecule has 7 heteroatoms. The van der Waals surface area contributed by atoms with Crippen LogP contribution in [0.5, 0.6) is 5.75 Å². The smallest absolute Gasteiger partial charge is 0.419 e. The molecule has 0 unspecified atom stereocenters. The van der Waals surface area contributed by atoms with Crippen molar-refractivity contribution in [2.24, 2.45) is 5.73 Å². The highest BCUT2D eigenvalue weighted by molar-refractivity contribution is 5.76. The average molecular weight is 261 g/mol. The van der Waals surface area contributed by atoms with Crippen LogP contribution in [0.15, 0.2) is 18.2 Å². The molecule has 1 aromatic carbocycles. The Hall–Kier alpha value is -2.05. The molecule has 1 rings (SSSR count). The zero-order chi connectivity index (χ0) is 13.8. The molecular formula is C11H10F3NO3. The molecule has 1 amide bonds. The Morgan fingerprint density at radius 3 is 2.56 bits per heavy atom. The zero-order valence-corrected chi connectivity index (χ0v) is 9.16. The summed E-state index contributed by atoms with van der Waals surface area (Å²) in [7, 11) is 0. The van der Waals surface area contributed by atoms with Crippen LogP contribution in [0.1, 0.15) is 22.3 Å². The second kappa shape index (κ2) is 5.52. The Balaban J connectivity index is 2.96. The van der Waals surface area contributed by atoms with Gasteiger partial charge in [-0.05, 0) is 18.2 Å². The molecule has 0 heterocycles. The molecule has 98 valence electrons. The first-order valence-electron chi connectivity index (χ1n) is 4.92. The summed E-state index contributed by atoms with van der Waals surface area (Å²) >= 11 is 0. The standard InChI is InChI=1S/C11H10F3NO3/c12-11(13,14)8-5-7(6-16)1-2-9(8)18-4-3-10(15)17/h1-2,5-6H,3-4H2,(H2,15,17). The van der Waals surface area contributed by atoms with Gasteiger partial charge < -0.3 is 10.5 Å². The van der Waals surface area contributed by atoms with E-state index in [0.29, 0.717) is 12.4 Å². The normalized spacial score (nSPS) is 11.1. The van der Waals surface area contributed by atoms with Gasteiger partial charge >= 0.3 is 6.18 Å². The van der Waals surface area contributed by atoms with Crippen LogP contribution in [0, 0.1) is 0 Å². The van der Waals surface area contributed by atoms with Gasteiger partial charge in [0.2, 0.25) is 5.91 Å². The number of halogens is 3. The van der Waals surface area contributed by atoms with Gasteiger partial charge in [-0.2, -0.15) is 13.2 Å². The van der Waals surface area contributed by atoms with Crippen molar-refractivity contribution >= 4 is 12.2 Å². The van der Waals surface area contributed by atoms with Gasteiger partial charge in [0.1, 0.15) is 12.0 Å². The van der Waals surface area contributed by atoms with Crippen molar-refractivity contribution in [2.45, 2.75) is 12.6 Å². The van der Waals surface area contributed by atoms with Gasteiger partial charge in [-0.3, -0.25) is 9.59 Å². The van der Waals surface area contributed by atoms with E-state index in [2.05, 4.69) is 0 Å². The topological polar surface area (TPSA) is 69.4 Å². The molecule has 1 aromatic rings. The minimum atomic E-state index is -4.64. The van der Waals surface area contributed by atoms with Crippen molar-refractivity contribution in [1.82, 2.24) is 0 Å². The summed E-state index contributed by atoms with van der Waals surface area (Å²) in [6.07, 6.45) is -4.52. The van der Waals surface area contributed by atoms with Crippen LogP contribution in [-0.4, -0.2) is 18.8 Å². The van der Waals surface area contributed by atoms with Crippen molar-refractivity contribution in [3.8, 4) is 5.75 Å². The Morgan fingerprint density at radius 2 is 2.06 bits per heavy atom. The number of alkyl halides is 3. The molecular weight excluding hydrogens is 251 g/mol. The van der Waals surface area contributed by atoms with Crippen molar-refractivity contribution in [2.75, 3.05) is 6.61 Å². The highest BCUT2D eigenvalue weighted by Gasteiger charge is 2.34. The number of hydrogen-bond donors (Lipinski definition) is 1. The van der Waals surface area contributed by atoms with E-state index in [4.69, 9.17) is 10.5 Å². The molecule has 0 bridgehead atoms. The Bertz CT molecular complexity index is 457. The summed E-state index contributed by atoms with van der Waals surface area (Å²) in [6, 6.07) is 2.92. The number of nitrogens with two attached hydrogens (primary N) is 1. The summed E-state index contributed by atoms with van der Waals surface area (Å²) in [5, 5.41) is 0. The van der Waals surface area contributed by atoms with E-state index >= 15 is 0 Å². The number of carbonyl (C=O) groups is 2. The molecule has 0 aliphatic heterocycles. The third-order valence-corrected chi connectivity index (χ3v) is 2.05. The summed E-state index contributed by atoms with van der Waals surface area (Å²) in [5.74, 6) is -1.11. The van der Waals surface area contributed by atoms with Gasteiger partial charge in [-0.25, -0.2) is 0 Å². The number of aldehydes is 1. The highest BCUT2D eigenvalue weighted by atomic mass is 19.4. The van der Waals surface area contributed by atoms with Crippen LogP contribution >= 0.6 is 0 Å². The first kappa shape index (κ1) is 14.0. The third kappa shape index (κ3) is 3.76. The molecule has 0 atom stereocenters. The van der Waals surface area contributed by atoms with Crippen LogP contribution in [0.2, 0.25) is 0 Å². The van der Waals surface area contributed by atoms with Crippen LogP contribution in [-0.2, 0) is 11.0 Å². The molecule has 0 saturated heterocycles. The predicted octanol–water partition coefficient (Wildman–Crippen LogP) is 1.77.